The second-order valence-corrected chi connectivity index (χ2v) is 8.74. The Bertz CT molecular complexity index is 639. The first kappa shape index (κ1) is 17.3. The molecule has 0 bridgehead atoms. The van der Waals surface area contributed by atoms with Crippen LogP contribution in [0.3, 0.4) is 0 Å². The van der Waals surface area contributed by atoms with Gasteiger partial charge in [0.15, 0.2) is 9.84 Å². The Hall–Kier alpha value is -1.07. The number of carbonyl (C=O) groups is 1. The van der Waals surface area contributed by atoms with Crippen molar-refractivity contribution in [3.8, 4) is 0 Å². The van der Waals surface area contributed by atoms with Crippen molar-refractivity contribution in [1.82, 2.24) is 4.90 Å². The van der Waals surface area contributed by atoms with Crippen molar-refractivity contribution in [2.45, 2.75) is 50.4 Å². The number of hydrogen-bond donors (Lipinski definition) is 0. The predicted molar refractivity (Wildman–Crippen MR) is 88.6 cm³/mol. The summed E-state index contributed by atoms with van der Waals surface area (Å²) in [7, 11) is -3.40. The monoisotopic (exact) mass is 343 g/mol. The molecule has 0 aromatic heterocycles. The molecule has 1 aromatic carbocycles. The third kappa shape index (κ3) is 4.02. The first-order valence-electron chi connectivity index (χ1n) is 7.53. The predicted octanol–water partition coefficient (Wildman–Crippen LogP) is 3.04. The van der Waals surface area contributed by atoms with E-state index in [1.54, 1.807) is 11.0 Å². The first-order chi connectivity index (χ1) is 10.3. The summed E-state index contributed by atoms with van der Waals surface area (Å²) in [6.07, 6.45) is 5.10. The standard InChI is InChI=1S/C16H22ClNO3S/c1-12(22(2,20)21)16(19)18(14-8-4-5-9-14)11-13-7-3-6-10-15(13)17/h3,6-7,10,12,14H,4-5,8-9,11H2,1-2H3/t12-/m1/s1. The lowest BCUT2D eigenvalue weighted by molar-refractivity contribution is -0.133. The van der Waals surface area contributed by atoms with Crippen molar-refractivity contribution in [2.24, 2.45) is 0 Å². The van der Waals surface area contributed by atoms with Crippen LogP contribution in [0, 0.1) is 0 Å². The number of carbonyl (C=O) groups excluding carboxylic acids is 1. The van der Waals surface area contributed by atoms with E-state index in [-0.39, 0.29) is 11.9 Å². The second-order valence-electron chi connectivity index (χ2n) is 5.97. The van der Waals surface area contributed by atoms with E-state index in [1.165, 1.54) is 6.92 Å². The van der Waals surface area contributed by atoms with Crippen LogP contribution in [0.25, 0.3) is 0 Å². The molecule has 0 aliphatic heterocycles. The summed E-state index contributed by atoms with van der Waals surface area (Å²) in [6.45, 7) is 1.83. The van der Waals surface area contributed by atoms with Crippen LogP contribution in [-0.4, -0.2) is 36.8 Å². The highest BCUT2D eigenvalue weighted by Gasteiger charge is 2.33. The fourth-order valence-corrected chi connectivity index (χ4v) is 3.53. The van der Waals surface area contributed by atoms with Gasteiger partial charge in [-0.05, 0) is 31.4 Å². The minimum absolute atomic E-state index is 0.105. The van der Waals surface area contributed by atoms with Crippen molar-refractivity contribution >= 4 is 27.3 Å². The SMILES string of the molecule is C[C@H](C(=O)N(Cc1ccccc1Cl)C1CCCC1)S(C)(=O)=O. The van der Waals surface area contributed by atoms with E-state index in [0.29, 0.717) is 11.6 Å². The van der Waals surface area contributed by atoms with E-state index in [4.69, 9.17) is 11.6 Å². The summed E-state index contributed by atoms with van der Waals surface area (Å²) in [5, 5.41) is -0.416. The summed E-state index contributed by atoms with van der Waals surface area (Å²) in [4.78, 5) is 14.4. The van der Waals surface area contributed by atoms with E-state index in [2.05, 4.69) is 0 Å². The number of benzene rings is 1. The number of halogens is 1. The topological polar surface area (TPSA) is 54.5 Å². The van der Waals surface area contributed by atoms with Crippen LogP contribution < -0.4 is 0 Å². The van der Waals surface area contributed by atoms with Gasteiger partial charge >= 0.3 is 0 Å². The Morgan fingerprint density at radius 2 is 1.91 bits per heavy atom. The van der Waals surface area contributed by atoms with Crippen molar-refractivity contribution < 1.29 is 13.2 Å². The quantitative estimate of drug-likeness (QED) is 0.825. The zero-order valence-electron chi connectivity index (χ0n) is 13.0. The first-order valence-corrected chi connectivity index (χ1v) is 9.86. The molecule has 22 heavy (non-hydrogen) atoms. The molecule has 0 N–H and O–H groups in total. The highest BCUT2D eigenvalue weighted by Crippen LogP contribution is 2.28. The number of amides is 1. The molecule has 0 radical (unpaired) electrons. The van der Waals surface area contributed by atoms with Gasteiger partial charge in [0.1, 0.15) is 5.25 Å². The summed E-state index contributed by atoms with van der Waals surface area (Å²) in [6, 6.07) is 7.48. The molecular weight excluding hydrogens is 322 g/mol. The zero-order chi connectivity index (χ0) is 16.3. The molecule has 1 aliphatic rings. The minimum Gasteiger partial charge on any atom is -0.334 e. The van der Waals surface area contributed by atoms with Gasteiger partial charge in [0, 0.05) is 23.9 Å². The molecule has 1 amide bonds. The van der Waals surface area contributed by atoms with Gasteiger partial charge in [0.05, 0.1) is 0 Å². The maximum Gasteiger partial charge on any atom is 0.241 e. The minimum atomic E-state index is -3.40. The van der Waals surface area contributed by atoms with Gasteiger partial charge < -0.3 is 4.90 Å². The van der Waals surface area contributed by atoms with Crippen LogP contribution in [0.4, 0.5) is 0 Å². The fourth-order valence-electron chi connectivity index (χ4n) is 2.83. The van der Waals surface area contributed by atoms with E-state index >= 15 is 0 Å². The van der Waals surface area contributed by atoms with E-state index in [9.17, 15) is 13.2 Å². The molecule has 122 valence electrons. The maximum absolute atomic E-state index is 12.7. The Morgan fingerprint density at radius 1 is 1.32 bits per heavy atom. The fraction of sp³-hybridized carbons (Fsp3) is 0.562. The highest BCUT2D eigenvalue weighted by molar-refractivity contribution is 7.92. The molecule has 4 nitrogen and oxygen atoms in total. The van der Waals surface area contributed by atoms with Crippen molar-refractivity contribution in [2.75, 3.05) is 6.26 Å². The number of hydrogen-bond acceptors (Lipinski definition) is 3. The lowest BCUT2D eigenvalue weighted by Gasteiger charge is -2.31. The molecule has 0 heterocycles. The summed E-state index contributed by atoms with van der Waals surface area (Å²) >= 11 is 6.19. The molecule has 0 saturated heterocycles. The molecule has 1 atom stereocenters. The van der Waals surface area contributed by atoms with E-state index in [1.807, 2.05) is 18.2 Å². The van der Waals surface area contributed by atoms with Gasteiger partial charge in [-0.25, -0.2) is 8.42 Å². The van der Waals surface area contributed by atoms with Gasteiger partial charge in [0.25, 0.3) is 0 Å². The largest absolute Gasteiger partial charge is 0.334 e. The Morgan fingerprint density at radius 3 is 2.45 bits per heavy atom. The van der Waals surface area contributed by atoms with Crippen LogP contribution in [0.15, 0.2) is 24.3 Å². The van der Waals surface area contributed by atoms with Gasteiger partial charge in [-0.2, -0.15) is 0 Å². The molecule has 1 saturated carbocycles. The molecule has 1 aromatic rings. The van der Waals surface area contributed by atoms with Crippen LogP contribution in [0.5, 0.6) is 0 Å². The van der Waals surface area contributed by atoms with Crippen LogP contribution in [-0.2, 0) is 21.2 Å². The Kier molecular flexibility index (Phi) is 5.50. The summed E-state index contributed by atoms with van der Waals surface area (Å²) in [5.41, 5.74) is 0.852. The normalized spacial score (nSPS) is 17.4. The van der Waals surface area contributed by atoms with Gasteiger partial charge in [-0.3, -0.25) is 4.79 Å². The third-order valence-electron chi connectivity index (χ3n) is 4.34. The molecule has 6 heteroatoms. The smallest absolute Gasteiger partial charge is 0.241 e. The van der Waals surface area contributed by atoms with Gasteiger partial charge in [0.2, 0.25) is 5.91 Å². The van der Waals surface area contributed by atoms with Gasteiger partial charge in [-0.15, -0.1) is 0 Å². The summed E-state index contributed by atoms with van der Waals surface area (Å²) < 4.78 is 23.5. The Labute approximate surface area is 137 Å². The average Bonchev–Trinajstić information content (AvgIpc) is 2.98. The molecule has 2 rings (SSSR count). The molecular formula is C16H22ClNO3S. The van der Waals surface area contributed by atoms with Crippen LogP contribution in [0.2, 0.25) is 5.02 Å². The third-order valence-corrected chi connectivity index (χ3v) is 6.19. The maximum atomic E-state index is 12.7. The van der Waals surface area contributed by atoms with Crippen molar-refractivity contribution in [3.05, 3.63) is 34.9 Å². The molecule has 1 fully saturated rings. The molecule has 0 unspecified atom stereocenters. The highest BCUT2D eigenvalue weighted by atomic mass is 35.5. The molecule has 0 spiro atoms. The lowest BCUT2D eigenvalue weighted by atomic mass is 10.1. The number of nitrogens with zero attached hydrogens (tertiary/aromatic N) is 1. The lowest BCUT2D eigenvalue weighted by Crippen LogP contribution is -2.45. The number of sulfone groups is 1. The molecule has 1 aliphatic carbocycles. The van der Waals surface area contributed by atoms with E-state index in [0.717, 1.165) is 37.5 Å². The van der Waals surface area contributed by atoms with Crippen LogP contribution in [0.1, 0.15) is 38.2 Å². The Balaban J connectivity index is 2.27. The van der Waals surface area contributed by atoms with Crippen molar-refractivity contribution in [1.29, 1.82) is 0 Å². The van der Waals surface area contributed by atoms with Crippen LogP contribution >= 0.6 is 11.6 Å². The second kappa shape index (κ2) is 7.01. The van der Waals surface area contributed by atoms with E-state index < -0.39 is 15.1 Å². The summed E-state index contributed by atoms with van der Waals surface area (Å²) in [5.74, 6) is -0.325. The zero-order valence-corrected chi connectivity index (χ0v) is 14.5. The van der Waals surface area contributed by atoms with Crippen molar-refractivity contribution in [3.63, 3.8) is 0 Å². The average molecular weight is 344 g/mol. The number of rotatable bonds is 5. The van der Waals surface area contributed by atoms with Gasteiger partial charge in [-0.1, -0.05) is 42.6 Å².